The first-order valence-corrected chi connectivity index (χ1v) is 7.87. The Morgan fingerprint density at radius 3 is 2.95 bits per heavy atom. The van der Waals surface area contributed by atoms with E-state index in [0.717, 1.165) is 30.7 Å². The Morgan fingerprint density at radius 1 is 1.38 bits per heavy atom. The van der Waals surface area contributed by atoms with Crippen molar-refractivity contribution in [1.29, 1.82) is 0 Å². The van der Waals surface area contributed by atoms with Crippen molar-refractivity contribution in [3.63, 3.8) is 0 Å². The summed E-state index contributed by atoms with van der Waals surface area (Å²) in [4.78, 5) is 0. The van der Waals surface area contributed by atoms with E-state index in [1.165, 1.54) is 18.2 Å². The average Bonchev–Trinajstić information content (AvgIpc) is 3.20. The zero-order valence-electron chi connectivity index (χ0n) is 12.5. The van der Waals surface area contributed by atoms with E-state index in [9.17, 15) is 5.11 Å². The van der Waals surface area contributed by atoms with E-state index in [-0.39, 0.29) is 18.1 Å². The van der Waals surface area contributed by atoms with Gasteiger partial charge in [0, 0.05) is 30.9 Å². The number of ether oxygens (including phenoxy) is 1. The number of fused-ring (bicyclic) bond motifs is 1. The summed E-state index contributed by atoms with van der Waals surface area (Å²) in [5.41, 5.74) is 2.11. The summed E-state index contributed by atoms with van der Waals surface area (Å²) in [6.07, 6.45) is 4.45. The maximum absolute atomic E-state index is 10.1. The van der Waals surface area contributed by atoms with Crippen LogP contribution in [0.3, 0.4) is 0 Å². The molecule has 1 aromatic carbocycles. The largest absolute Gasteiger partial charge is 0.396 e. The van der Waals surface area contributed by atoms with Gasteiger partial charge in [0.2, 0.25) is 0 Å². The number of hydrogen-bond donors (Lipinski definition) is 1. The predicted octanol–water partition coefficient (Wildman–Crippen LogP) is 2.29. The number of hydrogen-bond acceptors (Lipinski definition) is 3. The van der Waals surface area contributed by atoms with Crippen molar-refractivity contribution < 1.29 is 9.84 Å². The summed E-state index contributed by atoms with van der Waals surface area (Å²) >= 11 is 0. The quantitative estimate of drug-likeness (QED) is 0.938. The molecule has 4 heteroatoms. The molecular formula is C17H22N2O2. The fourth-order valence-corrected chi connectivity index (χ4v) is 3.91. The minimum absolute atomic E-state index is 0.141. The van der Waals surface area contributed by atoms with Crippen molar-refractivity contribution in [2.45, 2.75) is 31.8 Å². The van der Waals surface area contributed by atoms with Crippen LogP contribution in [-0.4, -0.2) is 34.2 Å². The fourth-order valence-electron chi connectivity index (χ4n) is 3.91. The Balaban J connectivity index is 1.72. The molecule has 2 fully saturated rings. The third-order valence-corrected chi connectivity index (χ3v) is 5.22. The standard InChI is InChI=1S/C17H22N2O2/c1-19-15-5-3-2-4-13(15)14(18-19)10-17(11-20)8-9-21-16(17)12-6-7-12/h2-5,12,16,20H,6-11H2,1H3. The van der Waals surface area contributed by atoms with Crippen molar-refractivity contribution in [3.05, 3.63) is 30.0 Å². The summed E-state index contributed by atoms with van der Waals surface area (Å²) < 4.78 is 7.92. The highest BCUT2D eigenvalue weighted by molar-refractivity contribution is 5.81. The van der Waals surface area contributed by atoms with E-state index in [4.69, 9.17) is 9.84 Å². The fraction of sp³-hybridized carbons (Fsp3) is 0.588. The molecule has 4 nitrogen and oxygen atoms in total. The monoisotopic (exact) mass is 286 g/mol. The van der Waals surface area contributed by atoms with E-state index in [1.807, 2.05) is 17.8 Å². The molecule has 21 heavy (non-hydrogen) atoms. The molecule has 0 radical (unpaired) electrons. The third-order valence-electron chi connectivity index (χ3n) is 5.22. The van der Waals surface area contributed by atoms with Crippen LogP contribution in [0.5, 0.6) is 0 Å². The Bertz CT molecular complexity index is 662. The van der Waals surface area contributed by atoms with Crippen LogP contribution < -0.4 is 0 Å². The zero-order valence-corrected chi connectivity index (χ0v) is 12.5. The van der Waals surface area contributed by atoms with Gasteiger partial charge in [-0.15, -0.1) is 0 Å². The molecule has 2 heterocycles. The number of aryl methyl sites for hydroxylation is 1. The Morgan fingerprint density at radius 2 is 2.19 bits per heavy atom. The van der Waals surface area contributed by atoms with Gasteiger partial charge in [-0.2, -0.15) is 5.10 Å². The van der Waals surface area contributed by atoms with Crippen LogP contribution in [0.1, 0.15) is 25.0 Å². The molecule has 2 aliphatic rings. The van der Waals surface area contributed by atoms with Gasteiger partial charge in [0.05, 0.1) is 23.9 Å². The van der Waals surface area contributed by atoms with Gasteiger partial charge in [0.1, 0.15) is 0 Å². The number of aromatic nitrogens is 2. The number of para-hydroxylation sites is 1. The lowest BCUT2D eigenvalue weighted by molar-refractivity contribution is 0.000205. The van der Waals surface area contributed by atoms with Gasteiger partial charge in [-0.3, -0.25) is 4.68 Å². The van der Waals surface area contributed by atoms with Crippen molar-refractivity contribution in [2.24, 2.45) is 18.4 Å². The minimum Gasteiger partial charge on any atom is -0.396 e. The maximum atomic E-state index is 10.1. The van der Waals surface area contributed by atoms with Crippen LogP contribution >= 0.6 is 0 Å². The molecule has 1 aliphatic heterocycles. The van der Waals surface area contributed by atoms with E-state index in [0.29, 0.717) is 5.92 Å². The van der Waals surface area contributed by atoms with Gasteiger partial charge in [-0.25, -0.2) is 0 Å². The van der Waals surface area contributed by atoms with Gasteiger partial charge >= 0.3 is 0 Å². The van der Waals surface area contributed by atoms with Crippen LogP contribution in [0.15, 0.2) is 24.3 Å². The zero-order chi connectivity index (χ0) is 14.4. The first-order valence-electron chi connectivity index (χ1n) is 7.87. The minimum atomic E-state index is -0.141. The number of nitrogens with zero attached hydrogens (tertiary/aromatic N) is 2. The number of aliphatic hydroxyl groups excluding tert-OH is 1. The first kappa shape index (κ1) is 13.3. The lowest BCUT2D eigenvalue weighted by Crippen LogP contribution is -2.38. The lowest BCUT2D eigenvalue weighted by atomic mass is 9.75. The molecule has 0 bridgehead atoms. The van der Waals surface area contributed by atoms with Crippen molar-refractivity contribution in [3.8, 4) is 0 Å². The predicted molar refractivity (Wildman–Crippen MR) is 81.0 cm³/mol. The van der Waals surface area contributed by atoms with Crippen molar-refractivity contribution >= 4 is 10.9 Å². The maximum Gasteiger partial charge on any atom is 0.0710 e. The smallest absolute Gasteiger partial charge is 0.0710 e. The highest BCUT2D eigenvalue weighted by atomic mass is 16.5. The van der Waals surface area contributed by atoms with E-state index >= 15 is 0 Å². The Kier molecular flexibility index (Phi) is 3.05. The van der Waals surface area contributed by atoms with Gasteiger partial charge in [-0.1, -0.05) is 18.2 Å². The lowest BCUT2D eigenvalue weighted by Gasteiger charge is -2.32. The highest BCUT2D eigenvalue weighted by Crippen LogP contribution is 2.49. The van der Waals surface area contributed by atoms with Crippen LogP contribution in [0.25, 0.3) is 10.9 Å². The molecule has 1 aromatic heterocycles. The molecule has 0 spiro atoms. The second-order valence-corrected chi connectivity index (χ2v) is 6.66. The SMILES string of the molecule is Cn1nc(CC2(CO)CCOC2C2CC2)c2ccccc21. The molecule has 2 unspecified atom stereocenters. The Labute approximate surface area is 124 Å². The number of aliphatic hydroxyl groups is 1. The summed E-state index contributed by atoms with van der Waals surface area (Å²) in [7, 11) is 1.99. The van der Waals surface area contributed by atoms with E-state index in [2.05, 4.69) is 18.2 Å². The second-order valence-electron chi connectivity index (χ2n) is 6.66. The van der Waals surface area contributed by atoms with Crippen LogP contribution in [0.2, 0.25) is 0 Å². The van der Waals surface area contributed by atoms with Crippen molar-refractivity contribution in [2.75, 3.05) is 13.2 Å². The second kappa shape index (κ2) is 4.82. The Hall–Kier alpha value is -1.39. The summed E-state index contributed by atoms with van der Waals surface area (Å²) in [6, 6.07) is 8.33. The topological polar surface area (TPSA) is 47.3 Å². The average molecular weight is 286 g/mol. The molecule has 2 atom stereocenters. The summed E-state index contributed by atoms with van der Waals surface area (Å²) in [6.45, 7) is 0.964. The normalized spacial score (nSPS) is 29.3. The molecule has 1 saturated carbocycles. The number of rotatable bonds is 4. The molecule has 0 amide bonds. The van der Waals surface area contributed by atoms with Crippen LogP contribution in [0.4, 0.5) is 0 Å². The number of benzene rings is 1. The highest BCUT2D eigenvalue weighted by Gasteiger charge is 2.51. The van der Waals surface area contributed by atoms with Crippen LogP contribution in [-0.2, 0) is 18.2 Å². The molecule has 2 aromatic rings. The molecule has 1 aliphatic carbocycles. The molecule has 112 valence electrons. The summed E-state index contributed by atoms with van der Waals surface area (Å²) in [5.74, 6) is 0.648. The molecule has 1 saturated heterocycles. The molecular weight excluding hydrogens is 264 g/mol. The third kappa shape index (κ3) is 2.09. The van der Waals surface area contributed by atoms with Gasteiger partial charge in [0.25, 0.3) is 0 Å². The molecule has 4 rings (SSSR count). The van der Waals surface area contributed by atoms with Gasteiger partial charge in [-0.05, 0) is 31.2 Å². The van der Waals surface area contributed by atoms with Crippen molar-refractivity contribution in [1.82, 2.24) is 9.78 Å². The van der Waals surface area contributed by atoms with Gasteiger partial charge in [0.15, 0.2) is 0 Å². The summed E-state index contributed by atoms with van der Waals surface area (Å²) in [5, 5.41) is 16.0. The van der Waals surface area contributed by atoms with Crippen LogP contribution in [0, 0.1) is 11.3 Å². The van der Waals surface area contributed by atoms with E-state index in [1.54, 1.807) is 0 Å². The van der Waals surface area contributed by atoms with Gasteiger partial charge < -0.3 is 9.84 Å². The molecule has 1 N–H and O–H groups in total. The van der Waals surface area contributed by atoms with E-state index < -0.39 is 0 Å². The first-order chi connectivity index (χ1) is 10.2.